The molecule has 6 nitrogen and oxygen atoms in total. The first-order chi connectivity index (χ1) is 8.31. The fourth-order valence-electron chi connectivity index (χ4n) is 0.570. The molecule has 0 aromatic rings. The lowest BCUT2D eigenvalue weighted by Crippen LogP contribution is -2.48. The zero-order valence-electron chi connectivity index (χ0n) is 12.2. The maximum Gasteiger partial charge on any atom is 0.241 e. The summed E-state index contributed by atoms with van der Waals surface area (Å²) in [6, 6.07) is -0.841. The van der Waals surface area contributed by atoms with E-state index in [1.54, 1.807) is 0 Å². The van der Waals surface area contributed by atoms with Crippen LogP contribution in [0.4, 0.5) is 0 Å². The van der Waals surface area contributed by atoms with Crippen LogP contribution in [-0.4, -0.2) is 30.8 Å². The third-order valence-corrected chi connectivity index (χ3v) is 1.17. The summed E-state index contributed by atoms with van der Waals surface area (Å²) in [6.45, 7) is 11.8. The minimum atomic E-state index is -0.841. The minimum Gasteiger partial charge on any atom is -0.368 e. The first-order valence-electron chi connectivity index (χ1n) is 6.04. The number of primary amides is 1. The Morgan fingerprint density at radius 2 is 1.61 bits per heavy atom. The largest absolute Gasteiger partial charge is 0.368 e. The van der Waals surface area contributed by atoms with Gasteiger partial charge in [0.1, 0.15) is 6.04 Å². The Morgan fingerprint density at radius 3 is 1.83 bits per heavy atom. The van der Waals surface area contributed by atoms with Crippen molar-refractivity contribution in [2.24, 2.45) is 11.7 Å². The predicted molar refractivity (Wildman–Crippen MR) is 72.7 cm³/mol. The molecule has 0 rings (SSSR count). The molecular formula is C12H27N3O3. The van der Waals surface area contributed by atoms with Crippen LogP contribution in [0.25, 0.3) is 0 Å². The van der Waals surface area contributed by atoms with Crippen LogP contribution in [-0.2, 0) is 14.4 Å². The van der Waals surface area contributed by atoms with E-state index in [-0.39, 0.29) is 12.5 Å². The van der Waals surface area contributed by atoms with E-state index in [4.69, 9.17) is 5.73 Å². The quantitative estimate of drug-likeness (QED) is 0.625. The molecule has 0 saturated heterocycles. The van der Waals surface area contributed by atoms with E-state index in [2.05, 4.69) is 31.4 Å². The molecule has 108 valence electrons. The van der Waals surface area contributed by atoms with Gasteiger partial charge in [0.05, 0.1) is 0 Å². The van der Waals surface area contributed by atoms with E-state index in [1.165, 1.54) is 6.92 Å². The average molecular weight is 261 g/mol. The second kappa shape index (κ2) is 15.4. The maximum atomic E-state index is 10.6. The molecule has 1 unspecified atom stereocenters. The number of hydrogen-bond acceptors (Lipinski definition) is 3. The predicted octanol–water partition coefficient (Wildman–Crippen LogP) is 0.411. The highest BCUT2D eigenvalue weighted by Gasteiger charge is 2.13. The Balaban J connectivity index is -0.000000317. The first kappa shape index (κ1) is 21.7. The highest BCUT2D eigenvalue weighted by atomic mass is 16.2. The third-order valence-electron chi connectivity index (χ3n) is 1.17. The smallest absolute Gasteiger partial charge is 0.241 e. The Hall–Kier alpha value is -1.59. The van der Waals surface area contributed by atoms with E-state index in [1.807, 2.05) is 13.8 Å². The van der Waals surface area contributed by atoms with E-state index in [0.29, 0.717) is 6.41 Å². The van der Waals surface area contributed by atoms with Gasteiger partial charge in [-0.15, -0.1) is 0 Å². The summed E-state index contributed by atoms with van der Waals surface area (Å²) < 4.78 is 0. The van der Waals surface area contributed by atoms with Gasteiger partial charge in [0.15, 0.2) is 0 Å². The Labute approximate surface area is 110 Å². The molecule has 0 aromatic carbocycles. The van der Waals surface area contributed by atoms with E-state index in [0.717, 1.165) is 5.92 Å². The number of hydrogen-bond donors (Lipinski definition) is 3. The molecule has 0 aliphatic carbocycles. The second-order valence-corrected chi connectivity index (χ2v) is 3.91. The lowest BCUT2D eigenvalue weighted by Gasteiger charge is -2.11. The van der Waals surface area contributed by atoms with E-state index >= 15 is 0 Å². The van der Waals surface area contributed by atoms with Gasteiger partial charge in [-0.05, 0) is 5.92 Å². The van der Waals surface area contributed by atoms with Crippen molar-refractivity contribution in [1.29, 1.82) is 0 Å². The van der Waals surface area contributed by atoms with Crippen LogP contribution in [0.15, 0.2) is 0 Å². The Morgan fingerprint density at radius 1 is 1.22 bits per heavy atom. The van der Waals surface area contributed by atoms with Crippen LogP contribution < -0.4 is 16.4 Å². The Kier molecular flexibility index (Phi) is 18.6. The molecule has 0 bridgehead atoms. The summed E-state index contributed by atoms with van der Waals surface area (Å²) in [7, 11) is 0. The molecule has 4 N–H and O–H groups in total. The van der Waals surface area contributed by atoms with Crippen molar-refractivity contribution < 1.29 is 14.4 Å². The summed E-state index contributed by atoms with van der Waals surface area (Å²) in [5, 5.41) is 4.52. The Bertz CT molecular complexity index is 228. The second-order valence-electron chi connectivity index (χ2n) is 3.91. The summed E-state index contributed by atoms with van der Waals surface area (Å²) in [5.74, 6) is -0.134. The molecule has 0 heterocycles. The summed E-state index contributed by atoms with van der Waals surface area (Å²) in [6.07, 6.45) is 0.358. The van der Waals surface area contributed by atoms with Crippen LogP contribution >= 0.6 is 0 Å². The van der Waals surface area contributed by atoms with Gasteiger partial charge in [-0.2, -0.15) is 0 Å². The molecule has 0 radical (unpaired) electrons. The van der Waals surface area contributed by atoms with Gasteiger partial charge in [0.2, 0.25) is 18.2 Å². The van der Waals surface area contributed by atoms with Crippen molar-refractivity contribution in [2.45, 2.75) is 47.6 Å². The molecular weight excluding hydrogens is 234 g/mol. The molecule has 0 aliphatic rings. The SMILES string of the molecule is CC.CC(=O)NCC(NC=O)C(N)=O.CC(C)C. The molecule has 6 heteroatoms. The molecule has 3 amide bonds. The molecule has 18 heavy (non-hydrogen) atoms. The normalized spacial score (nSPS) is 9.94. The minimum absolute atomic E-state index is 0.0173. The summed E-state index contributed by atoms with van der Waals surface area (Å²) >= 11 is 0. The average Bonchev–Trinajstić information content (AvgIpc) is 2.25. The molecule has 0 spiro atoms. The standard InChI is InChI=1S/C6H11N3O3.C4H10.C2H6/c1-4(11)8-2-5(6(7)12)9-3-10;1-4(2)3;1-2/h3,5H,2H2,1H3,(H2,7,12)(H,8,11)(H,9,10);4H,1-3H3;1-2H3. The van der Waals surface area contributed by atoms with Crippen molar-refractivity contribution in [3.8, 4) is 0 Å². The van der Waals surface area contributed by atoms with Gasteiger partial charge < -0.3 is 16.4 Å². The zero-order chi connectivity index (χ0) is 15.1. The van der Waals surface area contributed by atoms with Gasteiger partial charge in [0.25, 0.3) is 0 Å². The summed E-state index contributed by atoms with van der Waals surface area (Å²) in [4.78, 5) is 30.9. The van der Waals surface area contributed by atoms with Crippen molar-refractivity contribution in [3.63, 3.8) is 0 Å². The van der Waals surface area contributed by atoms with Crippen LogP contribution in [0, 0.1) is 5.92 Å². The molecule has 0 saturated carbocycles. The number of rotatable bonds is 5. The topological polar surface area (TPSA) is 101 Å². The van der Waals surface area contributed by atoms with Crippen molar-refractivity contribution in [2.75, 3.05) is 6.54 Å². The fourth-order valence-corrected chi connectivity index (χ4v) is 0.570. The van der Waals surface area contributed by atoms with E-state index in [9.17, 15) is 14.4 Å². The van der Waals surface area contributed by atoms with Crippen molar-refractivity contribution in [1.82, 2.24) is 10.6 Å². The first-order valence-corrected chi connectivity index (χ1v) is 6.04. The van der Waals surface area contributed by atoms with Gasteiger partial charge in [-0.1, -0.05) is 34.6 Å². The van der Waals surface area contributed by atoms with Crippen molar-refractivity contribution >= 4 is 18.2 Å². The molecule has 0 fully saturated rings. The molecule has 0 aromatic heterocycles. The highest BCUT2D eigenvalue weighted by Crippen LogP contribution is 1.81. The summed E-state index contributed by atoms with van der Waals surface area (Å²) in [5.41, 5.74) is 4.90. The van der Waals surface area contributed by atoms with Crippen LogP contribution in [0.1, 0.15) is 41.5 Å². The third kappa shape index (κ3) is 23.9. The number of carbonyl (C=O) groups is 3. The lowest BCUT2D eigenvalue weighted by atomic mass is 10.3. The lowest BCUT2D eigenvalue weighted by molar-refractivity contribution is -0.123. The number of nitrogens with two attached hydrogens (primary N) is 1. The number of amides is 3. The highest BCUT2D eigenvalue weighted by molar-refractivity contribution is 5.83. The van der Waals surface area contributed by atoms with Crippen LogP contribution in [0.5, 0.6) is 0 Å². The van der Waals surface area contributed by atoms with Crippen molar-refractivity contribution in [3.05, 3.63) is 0 Å². The van der Waals surface area contributed by atoms with Gasteiger partial charge in [-0.3, -0.25) is 14.4 Å². The van der Waals surface area contributed by atoms with Crippen LogP contribution in [0.2, 0.25) is 0 Å². The van der Waals surface area contributed by atoms with Gasteiger partial charge in [0, 0.05) is 13.5 Å². The maximum absolute atomic E-state index is 10.6. The van der Waals surface area contributed by atoms with Gasteiger partial charge >= 0.3 is 0 Å². The van der Waals surface area contributed by atoms with E-state index < -0.39 is 11.9 Å². The monoisotopic (exact) mass is 261 g/mol. The number of nitrogens with one attached hydrogen (secondary N) is 2. The fraction of sp³-hybridized carbons (Fsp3) is 0.750. The molecule has 0 aliphatic heterocycles. The number of carbonyl (C=O) groups excluding carboxylic acids is 3. The molecule has 1 atom stereocenters. The van der Waals surface area contributed by atoms with Gasteiger partial charge in [-0.25, -0.2) is 0 Å². The zero-order valence-corrected chi connectivity index (χ0v) is 12.2. The van der Waals surface area contributed by atoms with Crippen LogP contribution in [0.3, 0.4) is 0 Å².